The molecule has 0 saturated carbocycles. The minimum absolute atomic E-state index is 0.0628. The molecule has 0 bridgehead atoms. The van der Waals surface area contributed by atoms with Crippen molar-refractivity contribution >= 4 is 18.0 Å². The van der Waals surface area contributed by atoms with Crippen molar-refractivity contribution in [1.29, 1.82) is 0 Å². The molecule has 0 spiro atoms. The Morgan fingerprint density at radius 2 is 1.91 bits per heavy atom. The molecule has 2 unspecified atom stereocenters. The van der Waals surface area contributed by atoms with Crippen molar-refractivity contribution < 1.29 is 38.4 Å². The monoisotopic (exact) mass is 485 g/mol. The van der Waals surface area contributed by atoms with Crippen molar-refractivity contribution in [3.63, 3.8) is 0 Å². The first kappa shape index (κ1) is 33.5. The summed E-state index contributed by atoms with van der Waals surface area (Å²) in [6.07, 6.45) is 7.62. The van der Waals surface area contributed by atoms with Gasteiger partial charge in [0.25, 0.3) is 0 Å². The zero-order chi connectivity index (χ0) is 26.6. The Kier molecular flexibility index (Phi) is 19.5. The largest absolute Gasteiger partial charge is 0.478 e. The van der Waals surface area contributed by atoms with E-state index < -0.39 is 17.7 Å². The highest BCUT2D eigenvalue weighted by molar-refractivity contribution is 5.89. The summed E-state index contributed by atoms with van der Waals surface area (Å²) >= 11 is 0. The zero-order valence-electron chi connectivity index (χ0n) is 21.3. The Bertz CT molecular complexity index is 650. The predicted octanol–water partition coefficient (Wildman–Crippen LogP) is 4.55. The number of cyclic esters (lactones) is 1. The summed E-state index contributed by atoms with van der Waals surface area (Å²) in [5.41, 5.74) is 4.42. The average Bonchev–Trinajstić information content (AvgIpc) is 2.70. The molecule has 0 aromatic heterocycles. The Hall–Kier alpha value is -2.65. The minimum Gasteiger partial charge on any atom is -0.478 e. The number of rotatable bonds is 7. The fourth-order valence-electron chi connectivity index (χ4n) is 2.49. The van der Waals surface area contributed by atoms with Gasteiger partial charge in [-0.3, -0.25) is 4.79 Å². The van der Waals surface area contributed by atoms with Gasteiger partial charge in [-0.05, 0) is 46.6 Å². The van der Waals surface area contributed by atoms with Crippen molar-refractivity contribution in [3.8, 4) is 0 Å². The van der Waals surface area contributed by atoms with Gasteiger partial charge in [0, 0.05) is 19.6 Å². The van der Waals surface area contributed by atoms with Crippen LogP contribution in [0.15, 0.2) is 37.0 Å². The maximum atomic E-state index is 11.3. The Balaban J connectivity index is 0. The van der Waals surface area contributed by atoms with Gasteiger partial charge in [0.2, 0.25) is 0 Å². The van der Waals surface area contributed by atoms with Crippen molar-refractivity contribution in [1.82, 2.24) is 0 Å². The third kappa shape index (κ3) is 22.5. The van der Waals surface area contributed by atoms with Crippen LogP contribution in [0.25, 0.3) is 0 Å². The lowest BCUT2D eigenvalue weighted by Gasteiger charge is -2.23. The maximum absolute atomic E-state index is 11.3. The molecule has 0 aromatic rings. The number of carbonyl (C=O) groups is 3. The van der Waals surface area contributed by atoms with E-state index in [1.54, 1.807) is 20.8 Å². The van der Waals surface area contributed by atoms with E-state index in [2.05, 4.69) is 24.8 Å². The van der Waals surface area contributed by atoms with E-state index in [-0.39, 0.29) is 23.8 Å². The summed E-state index contributed by atoms with van der Waals surface area (Å²) in [4.78, 5) is 31.5. The summed E-state index contributed by atoms with van der Waals surface area (Å²) in [6, 6.07) is 0. The van der Waals surface area contributed by atoms with E-state index in [1.165, 1.54) is 18.2 Å². The van der Waals surface area contributed by atoms with Crippen LogP contribution >= 0.6 is 0 Å². The van der Waals surface area contributed by atoms with E-state index in [0.29, 0.717) is 19.6 Å². The van der Waals surface area contributed by atoms with E-state index >= 15 is 0 Å². The lowest BCUT2D eigenvalue weighted by molar-refractivity contribution is -0.152. The second-order valence-corrected chi connectivity index (χ2v) is 8.43. The quantitative estimate of drug-likeness (QED) is 0.232. The number of carbonyl (C=O) groups excluding carboxylic acids is 2. The molecule has 0 radical (unpaired) electrons. The van der Waals surface area contributed by atoms with E-state index in [0.717, 1.165) is 32.3 Å². The highest BCUT2D eigenvalue weighted by atomic mass is 16.6. The minimum atomic E-state index is -0.982. The third-order valence-electron chi connectivity index (χ3n) is 3.98. The Morgan fingerprint density at radius 1 is 1.26 bits per heavy atom. The number of allylic oxidation sites excluding steroid dienone is 2. The number of carboxylic acid groups (broad SMARTS) is 1. The number of esters is 1. The molecular weight excluding hydrogens is 442 g/mol. The van der Waals surface area contributed by atoms with Crippen LogP contribution in [-0.4, -0.2) is 60.8 Å². The lowest BCUT2D eigenvalue weighted by Crippen LogP contribution is -2.27. The molecule has 9 heteroatoms. The van der Waals surface area contributed by atoms with Crippen molar-refractivity contribution in [2.45, 2.75) is 84.5 Å². The maximum Gasteiger partial charge on any atom is 0.405 e. The number of aliphatic carboxylic acids is 1. The molecule has 1 rings (SSSR count). The summed E-state index contributed by atoms with van der Waals surface area (Å²) < 4.78 is 21.0. The van der Waals surface area contributed by atoms with Crippen LogP contribution in [-0.2, 0) is 28.5 Å². The highest BCUT2D eigenvalue weighted by Gasteiger charge is 2.18. The summed E-state index contributed by atoms with van der Waals surface area (Å²) in [5, 5.41) is 8.32. The van der Waals surface area contributed by atoms with Gasteiger partial charge in [0.1, 0.15) is 11.7 Å². The molecular formula is C25H43NO8. The molecule has 3 N–H and O–H groups in total. The van der Waals surface area contributed by atoms with Crippen molar-refractivity contribution in [3.05, 3.63) is 37.0 Å². The van der Waals surface area contributed by atoms with E-state index in [4.69, 9.17) is 25.1 Å². The zero-order valence-corrected chi connectivity index (χ0v) is 21.3. The van der Waals surface area contributed by atoms with Crippen LogP contribution in [0.4, 0.5) is 4.79 Å². The molecule has 1 fully saturated rings. The number of unbranched alkanes of at least 4 members (excludes halogenated alkanes) is 1. The lowest BCUT2D eigenvalue weighted by atomic mass is 10.1. The normalized spacial score (nSPS) is 19.1. The molecule has 0 aromatic carbocycles. The first-order chi connectivity index (χ1) is 15.9. The number of hydrogen-bond donors (Lipinski definition) is 2. The molecule has 34 heavy (non-hydrogen) atoms. The number of nitrogens with two attached hydrogens (primary N) is 1. The molecule has 1 saturated heterocycles. The molecule has 1 aliphatic rings. The van der Waals surface area contributed by atoms with Crippen LogP contribution in [0.3, 0.4) is 0 Å². The predicted molar refractivity (Wildman–Crippen MR) is 131 cm³/mol. The first-order valence-corrected chi connectivity index (χ1v) is 11.4. The standard InChI is InChI=1S/C13H24O4.C7H8O2.C5H11NO2/c1-3-4-7-16-12-5-8-15-9-6-13(14)17-11(2)10-12;1-3-5-6(4-2)7(8)9;1-5(2,3)8-4(6)7/h11-12H,3-10H2,1-2H3;3-5H,1-2H2,(H,8,9);1-3H3,(H2,6,7)/b;6-5+;. The number of carboxylic acids is 1. The van der Waals surface area contributed by atoms with Crippen LogP contribution in [0.2, 0.25) is 0 Å². The van der Waals surface area contributed by atoms with Crippen LogP contribution in [0, 0.1) is 0 Å². The summed E-state index contributed by atoms with van der Waals surface area (Å²) in [6.45, 7) is 17.9. The molecule has 196 valence electrons. The van der Waals surface area contributed by atoms with Gasteiger partial charge in [-0.15, -0.1) is 0 Å². The molecule has 9 nitrogen and oxygen atoms in total. The van der Waals surface area contributed by atoms with Gasteiger partial charge in [-0.1, -0.05) is 38.7 Å². The second-order valence-electron chi connectivity index (χ2n) is 8.43. The highest BCUT2D eigenvalue weighted by Crippen LogP contribution is 2.13. The number of ether oxygens (including phenoxy) is 4. The van der Waals surface area contributed by atoms with Crippen LogP contribution in [0.1, 0.15) is 66.7 Å². The fraction of sp³-hybridized carbons (Fsp3) is 0.640. The molecule has 0 aliphatic carbocycles. The van der Waals surface area contributed by atoms with Gasteiger partial charge in [-0.25, -0.2) is 9.59 Å². The molecule has 1 heterocycles. The Morgan fingerprint density at radius 3 is 2.32 bits per heavy atom. The smallest absolute Gasteiger partial charge is 0.405 e. The number of primary amides is 1. The van der Waals surface area contributed by atoms with Gasteiger partial charge in [-0.2, -0.15) is 0 Å². The molecule has 1 aliphatic heterocycles. The van der Waals surface area contributed by atoms with E-state index in [9.17, 15) is 14.4 Å². The van der Waals surface area contributed by atoms with Gasteiger partial charge in [0.15, 0.2) is 0 Å². The fourth-order valence-corrected chi connectivity index (χ4v) is 2.49. The average molecular weight is 486 g/mol. The van der Waals surface area contributed by atoms with Gasteiger partial charge < -0.3 is 29.8 Å². The summed E-state index contributed by atoms with van der Waals surface area (Å²) in [5.74, 6) is -1.16. The SMILES string of the molecule is C=C/C=C(\C=C)C(=O)O.CC(C)(C)OC(N)=O.CCCCOC1CCOCCC(=O)OC(C)C1. The second kappa shape index (κ2) is 19.8. The molecule has 2 atom stereocenters. The third-order valence-corrected chi connectivity index (χ3v) is 3.98. The van der Waals surface area contributed by atoms with Crippen molar-refractivity contribution in [2.24, 2.45) is 5.73 Å². The topological polar surface area (TPSA) is 134 Å². The Labute approximate surface area is 204 Å². The number of amides is 1. The van der Waals surface area contributed by atoms with Gasteiger partial charge >= 0.3 is 18.0 Å². The van der Waals surface area contributed by atoms with Gasteiger partial charge in [0.05, 0.1) is 24.7 Å². The van der Waals surface area contributed by atoms with Crippen molar-refractivity contribution in [2.75, 3.05) is 19.8 Å². The van der Waals surface area contributed by atoms with Crippen LogP contribution < -0.4 is 5.73 Å². The van der Waals surface area contributed by atoms with E-state index in [1.807, 2.05) is 6.92 Å². The van der Waals surface area contributed by atoms with Crippen LogP contribution in [0.5, 0.6) is 0 Å². The molecule has 1 amide bonds. The summed E-state index contributed by atoms with van der Waals surface area (Å²) in [7, 11) is 0. The first-order valence-electron chi connectivity index (χ1n) is 11.4. The number of hydrogen-bond acceptors (Lipinski definition) is 7.